The highest BCUT2D eigenvalue weighted by Crippen LogP contribution is 2.23. The fraction of sp³-hybridized carbons (Fsp3) is 0.533. The van der Waals surface area contributed by atoms with E-state index in [9.17, 15) is 9.18 Å². The van der Waals surface area contributed by atoms with Crippen molar-refractivity contribution < 1.29 is 13.9 Å². The third-order valence-electron chi connectivity index (χ3n) is 3.56. The monoisotopic (exact) mass is 280 g/mol. The van der Waals surface area contributed by atoms with Gasteiger partial charge in [0, 0.05) is 31.4 Å². The molecule has 4 nitrogen and oxygen atoms in total. The van der Waals surface area contributed by atoms with E-state index in [0.29, 0.717) is 26.3 Å². The fourth-order valence-corrected chi connectivity index (χ4v) is 2.40. The average molecular weight is 280 g/mol. The first-order valence-electron chi connectivity index (χ1n) is 7.07. The number of hydrogen-bond donors (Lipinski definition) is 1. The molecule has 5 heteroatoms. The molecule has 0 saturated carbocycles. The van der Waals surface area contributed by atoms with Gasteiger partial charge in [0.25, 0.3) is 0 Å². The molecule has 1 amide bonds. The van der Waals surface area contributed by atoms with Gasteiger partial charge in [-0.3, -0.25) is 4.79 Å². The molecule has 0 unspecified atom stereocenters. The Morgan fingerprint density at radius 1 is 1.30 bits per heavy atom. The van der Waals surface area contributed by atoms with Gasteiger partial charge in [0.15, 0.2) is 0 Å². The van der Waals surface area contributed by atoms with E-state index in [1.165, 1.54) is 12.1 Å². The first kappa shape index (κ1) is 14.9. The van der Waals surface area contributed by atoms with Gasteiger partial charge in [0.1, 0.15) is 5.82 Å². The van der Waals surface area contributed by atoms with Gasteiger partial charge in [-0.15, -0.1) is 0 Å². The zero-order chi connectivity index (χ0) is 14.4. The lowest BCUT2D eigenvalue weighted by Crippen LogP contribution is -2.39. The Kier molecular flexibility index (Phi) is 5.49. The van der Waals surface area contributed by atoms with Crippen molar-refractivity contribution in [2.24, 2.45) is 11.7 Å². The van der Waals surface area contributed by atoms with E-state index in [-0.39, 0.29) is 17.6 Å². The molecule has 1 aliphatic rings. The smallest absolute Gasteiger partial charge is 0.230 e. The van der Waals surface area contributed by atoms with Gasteiger partial charge in [-0.1, -0.05) is 0 Å². The van der Waals surface area contributed by atoms with E-state index in [1.807, 2.05) is 0 Å². The van der Waals surface area contributed by atoms with Crippen LogP contribution in [0.15, 0.2) is 24.3 Å². The molecule has 0 aliphatic carbocycles. The van der Waals surface area contributed by atoms with E-state index < -0.39 is 0 Å². The standard InChI is InChI=1S/C15H21FN2O2/c16-13-2-4-14(5-3-13)18(9-1-8-17)15(19)12-6-10-20-11-7-12/h2-5,12H,1,6-11,17H2. The minimum Gasteiger partial charge on any atom is -0.381 e. The van der Waals surface area contributed by atoms with Crippen LogP contribution in [0.25, 0.3) is 0 Å². The van der Waals surface area contributed by atoms with Crippen LogP contribution in [0.2, 0.25) is 0 Å². The molecule has 1 saturated heterocycles. The van der Waals surface area contributed by atoms with Crippen molar-refractivity contribution in [2.75, 3.05) is 31.2 Å². The molecule has 1 fully saturated rings. The fourth-order valence-electron chi connectivity index (χ4n) is 2.40. The molecule has 2 rings (SSSR count). The molecule has 0 bridgehead atoms. The number of nitrogens with two attached hydrogens (primary N) is 1. The third-order valence-corrected chi connectivity index (χ3v) is 3.56. The topological polar surface area (TPSA) is 55.6 Å². The van der Waals surface area contributed by atoms with Crippen LogP contribution in [-0.4, -0.2) is 32.2 Å². The summed E-state index contributed by atoms with van der Waals surface area (Å²) in [5.41, 5.74) is 6.27. The van der Waals surface area contributed by atoms with E-state index in [0.717, 1.165) is 24.9 Å². The van der Waals surface area contributed by atoms with E-state index in [1.54, 1.807) is 17.0 Å². The molecule has 1 aromatic carbocycles. The lowest BCUT2D eigenvalue weighted by Gasteiger charge is -2.29. The van der Waals surface area contributed by atoms with Crippen LogP contribution in [0.3, 0.4) is 0 Å². The van der Waals surface area contributed by atoms with Crippen LogP contribution < -0.4 is 10.6 Å². The molecule has 0 radical (unpaired) electrons. The summed E-state index contributed by atoms with van der Waals surface area (Å²) in [7, 11) is 0. The molecule has 0 spiro atoms. The van der Waals surface area contributed by atoms with Crippen LogP contribution in [-0.2, 0) is 9.53 Å². The van der Waals surface area contributed by atoms with Crippen molar-refractivity contribution >= 4 is 11.6 Å². The molecule has 2 N–H and O–H groups in total. The van der Waals surface area contributed by atoms with Crippen LogP contribution in [0, 0.1) is 11.7 Å². The lowest BCUT2D eigenvalue weighted by molar-refractivity contribution is -0.125. The molecular weight excluding hydrogens is 259 g/mol. The van der Waals surface area contributed by atoms with Gasteiger partial charge in [0.2, 0.25) is 5.91 Å². The molecule has 1 aromatic rings. The highest BCUT2D eigenvalue weighted by molar-refractivity contribution is 5.95. The Hall–Kier alpha value is -1.46. The van der Waals surface area contributed by atoms with E-state index in [2.05, 4.69) is 0 Å². The second-order valence-electron chi connectivity index (χ2n) is 5.00. The van der Waals surface area contributed by atoms with Gasteiger partial charge in [-0.25, -0.2) is 4.39 Å². The summed E-state index contributed by atoms with van der Waals surface area (Å²) in [5, 5.41) is 0. The number of anilines is 1. The van der Waals surface area contributed by atoms with Gasteiger partial charge < -0.3 is 15.4 Å². The molecular formula is C15H21FN2O2. The summed E-state index contributed by atoms with van der Waals surface area (Å²) in [4.78, 5) is 14.3. The normalized spacial score (nSPS) is 16.1. The number of halogens is 1. The zero-order valence-electron chi connectivity index (χ0n) is 11.6. The van der Waals surface area contributed by atoms with Gasteiger partial charge in [-0.2, -0.15) is 0 Å². The van der Waals surface area contributed by atoms with Crippen molar-refractivity contribution in [1.82, 2.24) is 0 Å². The van der Waals surface area contributed by atoms with Gasteiger partial charge in [0.05, 0.1) is 0 Å². The number of hydrogen-bond acceptors (Lipinski definition) is 3. The molecule has 110 valence electrons. The first-order chi connectivity index (χ1) is 9.72. The summed E-state index contributed by atoms with van der Waals surface area (Å²) in [6.07, 6.45) is 2.23. The maximum Gasteiger partial charge on any atom is 0.230 e. The van der Waals surface area contributed by atoms with Crippen LogP contribution in [0.1, 0.15) is 19.3 Å². The van der Waals surface area contributed by atoms with Crippen molar-refractivity contribution in [3.8, 4) is 0 Å². The van der Waals surface area contributed by atoms with Gasteiger partial charge in [-0.05, 0) is 50.1 Å². The SMILES string of the molecule is NCCCN(C(=O)C1CCOCC1)c1ccc(F)cc1. The highest BCUT2D eigenvalue weighted by atomic mass is 19.1. The Morgan fingerprint density at radius 3 is 2.55 bits per heavy atom. The van der Waals surface area contributed by atoms with Crippen LogP contribution in [0.4, 0.5) is 10.1 Å². The quantitative estimate of drug-likeness (QED) is 0.896. The van der Waals surface area contributed by atoms with Gasteiger partial charge >= 0.3 is 0 Å². The number of carbonyl (C=O) groups excluding carboxylic acids is 1. The number of amides is 1. The van der Waals surface area contributed by atoms with Crippen molar-refractivity contribution in [3.05, 3.63) is 30.1 Å². The van der Waals surface area contributed by atoms with Crippen LogP contribution >= 0.6 is 0 Å². The molecule has 1 aliphatic heterocycles. The number of nitrogens with zero attached hydrogens (tertiary/aromatic N) is 1. The maximum absolute atomic E-state index is 13.0. The van der Waals surface area contributed by atoms with Crippen molar-refractivity contribution in [1.29, 1.82) is 0 Å². The Bertz CT molecular complexity index is 430. The minimum absolute atomic E-state index is 0.00780. The second-order valence-corrected chi connectivity index (χ2v) is 5.00. The number of rotatable bonds is 5. The summed E-state index contributed by atoms with van der Waals surface area (Å²) in [5.74, 6) is -0.217. The second kappa shape index (κ2) is 7.36. The third kappa shape index (κ3) is 3.77. The highest BCUT2D eigenvalue weighted by Gasteiger charge is 2.27. The van der Waals surface area contributed by atoms with Crippen LogP contribution in [0.5, 0.6) is 0 Å². The average Bonchev–Trinajstić information content (AvgIpc) is 2.50. The number of ether oxygens (including phenoxy) is 1. The molecule has 20 heavy (non-hydrogen) atoms. The minimum atomic E-state index is -0.300. The number of benzene rings is 1. The largest absolute Gasteiger partial charge is 0.381 e. The number of carbonyl (C=O) groups is 1. The lowest BCUT2D eigenvalue weighted by atomic mass is 9.98. The predicted molar refractivity (Wildman–Crippen MR) is 76.0 cm³/mol. The summed E-state index contributed by atoms with van der Waals surface area (Å²) in [6.45, 7) is 2.35. The van der Waals surface area contributed by atoms with E-state index in [4.69, 9.17) is 10.5 Å². The zero-order valence-corrected chi connectivity index (χ0v) is 11.6. The predicted octanol–water partition coefficient (Wildman–Crippen LogP) is 1.93. The summed E-state index contributed by atoms with van der Waals surface area (Å²) in [6, 6.07) is 6.04. The Balaban J connectivity index is 2.13. The molecule has 1 heterocycles. The van der Waals surface area contributed by atoms with Crippen molar-refractivity contribution in [3.63, 3.8) is 0 Å². The summed E-state index contributed by atoms with van der Waals surface area (Å²) >= 11 is 0. The molecule has 0 atom stereocenters. The van der Waals surface area contributed by atoms with Crippen molar-refractivity contribution in [2.45, 2.75) is 19.3 Å². The molecule has 0 aromatic heterocycles. The Labute approximate surface area is 118 Å². The van der Waals surface area contributed by atoms with E-state index >= 15 is 0 Å². The summed E-state index contributed by atoms with van der Waals surface area (Å²) < 4.78 is 18.3. The Morgan fingerprint density at radius 2 is 1.95 bits per heavy atom. The maximum atomic E-state index is 13.0. The first-order valence-corrected chi connectivity index (χ1v) is 7.07.